The first kappa shape index (κ1) is 10.5. The Morgan fingerprint density at radius 3 is 2.75 bits per heavy atom. The number of nitriles is 1. The summed E-state index contributed by atoms with van der Waals surface area (Å²) >= 11 is 5.88. The second-order valence-electron chi connectivity index (χ2n) is 3.04. The lowest BCUT2D eigenvalue weighted by Gasteiger charge is -2.05. The van der Waals surface area contributed by atoms with E-state index in [1.165, 1.54) is 0 Å². The summed E-state index contributed by atoms with van der Waals surface area (Å²) in [5.41, 5.74) is 0.431. The molecule has 0 aliphatic heterocycles. The molecule has 0 amide bonds. The number of hydrogen-bond donors (Lipinski definition) is 0. The van der Waals surface area contributed by atoms with Crippen molar-refractivity contribution in [1.82, 2.24) is 4.98 Å². The zero-order valence-corrected chi connectivity index (χ0v) is 8.98. The van der Waals surface area contributed by atoms with Gasteiger partial charge in [0.15, 0.2) is 0 Å². The Kier molecular flexibility index (Phi) is 3.04. The molecule has 0 saturated carbocycles. The Hall–Kier alpha value is -2.05. The summed E-state index contributed by atoms with van der Waals surface area (Å²) in [5, 5.41) is 9.09. The molecule has 0 unspecified atom stereocenters. The molecule has 2 rings (SSSR count). The van der Waals surface area contributed by atoms with Gasteiger partial charge in [-0.2, -0.15) is 5.26 Å². The predicted octanol–water partition coefficient (Wildman–Crippen LogP) is 3.40. The van der Waals surface area contributed by atoms with Crippen molar-refractivity contribution in [1.29, 1.82) is 5.26 Å². The number of halogens is 1. The van der Waals surface area contributed by atoms with E-state index in [-0.39, 0.29) is 0 Å². The number of pyridine rings is 1. The fraction of sp³-hybridized carbons (Fsp3) is 0. The van der Waals surface area contributed by atoms with Crippen molar-refractivity contribution < 1.29 is 4.74 Å². The topological polar surface area (TPSA) is 45.9 Å². The van der Waals surface area contributed by atoms with E-state index in [4.69, 9.17) is 21.6 Å². The smallest absolute Gasteiger partial charge is 0.145 e. The zero-order chi connectivity index (χ0) is 11.4. The van der Waals surface area contributed by atoms with Crippen LogP contribution < -0.4 is 4.74 Å². The first-order chi connectivity index (χ1) is 7.79. The quantitative estimate of drug-likeness (QED) is 0.794. The van der Waals surface area contributed by atoms with Crippen molar-refractivity contribution in [2.45, 2.75) is 0 Å². The Balaban J connectivity index is 2.24. The maximum Gasteiger partial charge on any atom is 0.145 e. The van der Waals surface area contributed by atoms with Gasteiger partial charge in [-0.25, -0.2) is 0 Å². The van der Waals surface area contributed by atoms with Crippen LogP contribution in [0, 0.1) is 11.3 Å². The van der Waals surface area contributed by atoms with Crippen LogP contribution in [-0.2, 0) is 0 Å². The summed E-state index contributed by atoms with van der Waals surface area (Å²) in [7, 11) is 0. The normalized spacial score (nSPS) is 9.50. The van der Waals surface area contributed by atoms with E-state index in [0.717, 1.165) is 0 Å². The van der Waals surface area contributed by atoms with Crippen molar-refractivity contribution in [3.63, 3.8) is 0 Å². The van der Waals surface area contributed by atoms with Crippen LogP contribution in [0.4, 0.5) is 0 Å². The molecule has 0 N–H and O–H groups in total. The first-order valence-corrected chi connectivity index (χ1v) is 4.95. The SMILES string of the molecule is N#Cc1ccc(Oc2cccnc2)cc1Cl. The third kappa shape index (κ3) is 2.30. The summed E-state index contributed by atoms with van der Waals surface area (Å²) in [6.07, 6.45) is 3.27. The summed E-state index contributed by atoms with van der Waals surface area (Å²) in [6, 6.07) is 10.5. The maximum absolute atomic E-state index is 8.71. The minimum absolute atomic E-state index is 0.379. The Morgan fingerprint density at radius 1 is 1.25 bits per heavy atom. The minimum Gasteiger partial charge on any atom is -0.456 e. The van der Waals surface area contributed by atoms with Crippen LogP contribution in [0.1, 0.15) is 5.56 Å². The van der Waals surface area contributed by atoms with Crippen molar-refractivity contribution >= 4 is 11.6 Å². The van der Waals surface area contributed by atoms with Gasteiger partial charge >= 0.3 is 0 Å². The summed E-state index contributed by atoms with van der Waals surface area (Å²) in [6.45, 7) is 0. The molecule has 4 heteroatoms. The van der Waals surface area contributed by atoms with Gasteiger partial charge in [-0.05, 0) is 24.3 Å². The first-order valence-electron chi connectivity index (χ1n) is 4.57. The minimum atomic E-state index is 0.379. The highest BCUT2D eigenvalue weighted by molar-refractivity contribution is 6.31. The highest BCUT2D eigenvalue weighted by Crippen LogP contribution is 2.25. The third-order valence-corrected chi connectivity index (χ3v) is 2.24. The molecule has 3 nitrogen and oxygen atoms in total. The summed E-state index contributed by atoms with van der Waals surface area (Å²) in [4.78, 5) is 3.93. The van der Waals surface area contributed by atoms with Gasteiger partial charge in [0.1, 0.15) is 17.6 Å². The average Bonchev–Trinajstić information content (AvgIpc) is 2.31. The number of aromatic nitrogens is 1. The Morgan fingerprint density at radius 2 is 2.12 bits per heavy atom. The van der Waals surface area contributed by atoms with Gasteiger partial charge in [0.2, 0.25) is 0 Å². The molecule has 1 aromatic heterocycles. The Bertz CT molecular complexity index is 534. The molecule has 0 fully saturated rings. The largest absolute Gasteiger partial charge is 0.456 e. The molecule has 1 heterocycles. The lowest BCUT2D eigenvalue weighted by molar-refractivity contribution is 0.480. The monoisotopic (exact) mass is 230 g/mol. The van der Waals surface area contributed by atoms with E-state index < -0.39 is 0 Å². The second-order valence-corrected chi connectivity index (χ2v) is 3.45. The predicted molar refractivity (Wildman–Crippen MR) is 60.5 cm³/mol. The molecule has 0 bridgehead atoms. The molecule has 16 heavy (non-hydrogen) atoms. The zero-order valence-electron chi connectivity index (χ0n) is 8.22. The lowest BCUT2D eigenvalue weighted by Crippen LogP contribution is -1.85. The number of rotatable bonds is 2. The maximum atomic E-state index is 8.71. The van der Waals surface area contributed by atoms with Crippen LogP contribution in [0.2, 0.25) is 5.02 Å². The van der Waals surface area contributed by atoms with E-state index in [2.05, 4.69) is 4.98 Å². The van der Waals surface area contributed by atoms with Crippen molar-refractivity contribution in [3.05, 3.63) is 53.3 Å². The van der Waals surface area contributed by atoms with Gasteiger partial charge in [-0.3, -0.25) is 4.98 Å². The van der Waals surface area contributed by atoms with E-state index in [1.54, 1.807) is 42.7 Å². The van der Waals surface area contributed by atoms with Crippen molar-refractivity contribution in [2.24, 2.45) is 0 Å². The molecule has 0 saturated heterocycles. The summed E-state index contributed by atoms with van der Waals surface area (Å²) in [5.74, 6) is 1.21. The fourth-order valence-electron chi connectivity index (χ4n) is 1.19. The molecular weight excluding hydrogens is 224 g/mol. The van der Waals surface area contributed by atoms with Gasteiger partial charge in [0.25, 0.3) is 0 Å². The second kappa shape index (κ2) is 4.65. The molecule has 0 spiro atoms. The van der Waals surface area contributed by atoms with Crippen LogP contribution >= 0.6 is 11.6 Å². The average molecular weight is 231 g/mol. The molecule has 0 aliphatic carbocycles. The van der Waals surface area contributed by atoms with Crippen LogP contribution in [0.5, 0.6) is 11.5 Å². The standard InChI is InChI=1S/C12H7ClN2O/c13-12-6-10(4-3-9(12)7-14)16-11-2-1-5-15-8-11/h1-6,8H. The van der Waals surface area contributed by atoms with E-state index >= 15 is 0 Å². The van der Waals surface area contributed by atoms with Crippen molar-refractivity contribution in [3.8, 4) is 17.6 Å². The Labute approximate surface area is 97.9 Å². The molecule has 0 atom stereocenters. The number of ether oxygens (including phenoxy) is 1. The molecule has 2 aromatic rings. The van der Waals surface area contributed by atoms with Gasteiger partial charge in [-0.1, -0.05) is 11.6 Å². The van der Waals surface area contributed by atoms with E-state index in [9.17, 15) is 0 Å². The summed E-state index contributed by atoms with van der Waals surface area (Å²) < 4.78 is 5.50. The van der Waals surface area contributed by atoms with E-state index in [0.29, 0.717) is 22.1 Å². The van der Waals surface area contributed by atoms with Gasteiger partial charge in [0, 0.05) is 12.3 Å². The molecular formula is C12H7ClN2O. The number of hydrogen-bond acceptors (Lipinski definition) is 3. The van der Waals surface area contributed by atoms with Gasteiger partial charge in [-0.15, -0.1) is 0 Å². The van der Waals surface area contributed by atoms with Crippen LogP contribution in [0.3, 0.4) is 0 Å². The number of benzene rings is 1. The number of nitrogens with zero attached hydrogens (tertiary/aromatic N) is 2. The van der Waals surface area contributed by atoms with E-state index in [1.807, 2.05) is 6.07 Å². The fourth-order valence-corrected chi connectivity index (χ4v) is 1.41. The van der Waals surface area contributed by atoms with Crippen LogP contribution in [0.25, 0.3) is 0 Å². The van der Waals surface area contributed by atoms with Crippen LogP contribution in [0.15, 0.2) is 42.7 Å². The third-order valence-electron chi connectivity index (χ3n) is 1.93. The van der Waals surface area contributed by atoms with Crippen LogP contribution in [-0.4, -0.2) is 4.98 Å². The molecule has 0 aliphatic rings. The van der Waals surface area contributed by atoms with Gasteiger partial charge in [0.05, 0.1) is 16.8 Å². The lowest BCUT2D eigenvalue weighted by atomic mass is 10.2. The van der Waals surface area contributed by atoms with Crippen molar-refractivity contribution in [2.75, 3.05) is 0 Å². The highest BCUT2D eigenvalue weighted by Gasteiger charge is 2.02. The molecule has 78 valence electrons. The highest BCUT2D eigenvalue weighted by atomic mass is 35.5. The molecule has 0 radical (unpaired) electrons. The van der Waals surface area contributed by atoms with Gasteiger partial charge < -0.3 is 4.74 Å². The molecule has 1 aromatic carbocycles.